The molecule has 0 heterocycles. The van der Waals surface area contributed by atoms with Crippen LogP contribution in [0, 0.1) is 21.4 Å². The zero-order chi connectivity index (χ0) is 29.4. The van der Waals surface area contributed by atoms with Crippen molar-refractivity contribution in [3.05, 3.63) is 132 Å². The van der Waals surface area contributed by atoms with Crippen LogP contribution in [0.3, 0.4) is 0 Å². The maximum absolute atomic E-state index is 12.7. The average Bonchev–Trinajstić information content (AvgIpc) is 2.96. The number of nitro groups is 1. The van der Waals surface area contributed by atoms with Crippen LogP contribution in [0.25, 0.3) is 6.08 Å². The third kappa shape index (κ3) is 8.32. The summed E-state index contributed by atoms with van der Waals surface area (Å²) < 4.78 is 12.2. The number of nitro benzene ring substituents is 1. The van der Waals surface area contributed by atoms with Crippen LogP contribution in [0.4, 0.5) is 11.4 Å². The first-order valence-corrected chi connectivity index (χ1v) is 13.5. The molecule has 4 aromatic rings. The maximum Gasteiger partial charge on any atom is 0.269 e. The van der Waals surface area contributed by atoms with E-state index >= 15 is 0 Å². The molecule has 0 saturated carbocycles. The second-order valence-electron chi connectivity index (χ2n) is 8.57. The smallest absolute Gasteiger partial charge is 0.269 e. The van der Waals surface area contributed by atoms with E-state index in [1.54, 1.807) is 72.8 Å². The molecule has 8 nitrogen and oxygen atoms in total. The lowest BCUT2D eigenvalue weighted by Crippen LogP contribution is -2.13. The number of nitrogens with zero attached hydrogens (tertiary/aromatic N) is 2. The molecule has 0 aliphatic heterocycles. The topological polar surface area (TPSA) is 114 Å². The molecule has 4 aromatic carbocycles. The molecule has 11 heteroatoms. The Kier molecular flexibility index (Phi) is 9.98. The molecule has 0 unspecified atom stereocenters. The summed E-state index contributed by atoms with van der Waals surface area (Å²) in [6, 6.07) is 25.0. The summed E-state index contributed by atoms with van der Waals surface area (Å²) in [5.41, 5.74) is 2.56. The molecule has 0 atom stereocenters. The van der Waals surface area contributed by atoms with Crippen molar-refractivity contribution >= 4 is 62.5 Å². The van der Waals surface area contributed by atoms with Crippen molar-refractivity contribution in [2.45, 2.75) is 13.2 Å². The Morgan fingerprint density at radius 1 is 0.976 bits per heavy atom. The molecular weight excluding hydrogens is 633 g/mol. The maximum atomic E-state index is 12.7. The molecular formula is C30H20BrCl2N3O5. The average molecular weight is 653 g/mol. The highest BCUT2D eigenvalue weighted by Crippen LogP contribution is 2.28. The van der Waals surface area contributed by atoms with Gasteiger partial charge in [0.05, 0.1) is 9.40 Å². The van der Waals surface area contributed by atoms with Gasteiger partial charge in [-0.3, -0.25) is 14.9 Å². The summed E-state index contributed by atoms with van der Waals surface area (Å²) in [5, 5.41) is 24.1. The van der Waals surface area contributed by atoms with Crippen molar-refractivity contribution in [2.75, 3.05) is 5.32 Å². The van der Waals surface area contributed by atoms with Crippen molar-refractivity contribution in [2.24, 2.45) is 0 Å². The van der Waals surface area contributed by atoms with Crippen molar-refractivity contribution < 1.29 is 19.2 Å². The third-order valence-corrected chi connectivity index (χ3v) is 6.90. The van der Waals surface area contributed by atoms with E-state index in [-0.39, 0.29) is 24.5 Å². The Morgan fingerprint density at radius 2 is 1.71 bits per heavy atom. The lowest BCUT2D eigenvalue weighted by atomic mass is 10.1. The van der Waals surface area contributed by atoms with E-state index in [0.29, 0.717) is 37.3 Å². The lowest BCUT2D eigenvalue weighted by molar-refractivity contribution is -0.384. The summed E-state index contributed by atoms with van der Waals surface area (Å²) >= 11 is 15.5. The van der Waals surface area contributed by atoms with Gasteiger partial charge in [0, 0.05) is 33.4 Å². The Morgan fingerprint density at radius 3 is 2.34 bits per heavy atom. The van der Waals surface area contributed by atoms with Gasteiger partial charge in [0.25, 0.3) is 11.6 Å². The predicted octanol–water partition coefficient (Wildman–Crippen LogP) is 8.37. The van der Waals surface area contributed by atoms with E-state index in [0.717, 1.165) is 11.1 Å². The number of hydrogen-bond acceptors (Lipinski definition) is 6. The molecule has 41 heavy (non-hydrogen) atoms. The zero-order valence-electron chi connectivity index (χ0n) is 21.1. The molecule has 206 valence electrons. The van der Waals surface area contributed by atoms with Gasteiger partial charge in [-0.1, -0.05) is 35.3 Å². The monoisotopic (exact) mass is 651 g/mol. The van der Waals surface area contributed by atoms with Crippen molar-refractivity contribution in [1.29, 1.82) is 5.26 Å². The van der Waals surface area contributed by atoms with Crippen LogP contribution >= 0.6 is 39.1 Å². The molecule has 0 spiro atoms. The third-order valence-electron chi connectivity index (χ3n) is 5.70. The molecule has 0 fully saturated rings. The van der Waals surface area contributed by atoms with Crippen LogP contribution in [0.5, 0.6) is 11.5 Å². The summed E-state index contributed by atoms with van der Waals surface area (Å²) in [5.74, 6) is 0.540. The molecule has 4 rings (SSSR count). The van der Waals surface area contributed by atoms with E-state index in [1.165, 1.54) is 18.2 Å². The van der Waals surface area contributed by atoms with Crippen LogP contribution in [0.2, 0.25) is 10.0 Å². The highest BCUT2D eigenvalue weighted by atomic mass is 79.9. The number of halogens is 3. The fourth-order valence-corrected chi connectivity index (χ4v) is 4.52. The molecule has 0 radical (unpaired) electrons. The number of amides is 1. The predicted molar refractivity (Wildman–Crippen MR) is 161 cm³/mol. The van der Waals surface area contributed by atoms with E-state index in [4.69, 9.17) is 32.7 Å². The van der Waals surface area contributed by atoms with Gasteiger partial charge >= 0.3 is 0 Å². The number of rotatable bonds is 10. The Balaban J connectivity index is 1.34. The van der Waals surface area contributed by atoms with Gasteiger partial charge in [0.15, 0.2) is 0 Å². The van der Waals surface area contributed by atoms with Crippen molar-refractivity contribution in [1.82, 2.24) is 0 Å². The number of carbonyl (C=O) groups excluding carboxylic acids is 1. The first-order chi connectivity index (χ1) is 19.7. The highest BCUT2D eigenvalue weighted by molar-refractivity contribution is 9.10. The number of nitrogens with one attached hydrogen (secondary N) is 1. The van der Waals surface area contributed by atoms with E-state index in [2.05, 4.69) is 21.2 Å². The fourth-order valence-electron chi connectivity index (χ4n) is 3.55. The number of carbonyl (C=O) groups is 1. The standard InChI is InChI=1S/C30H20BrCl2N3O5/c31-27-14-20(3-12-29(27)41-17-19-1-8-25(9-2-19)36(38)39)13-22(16-34)30(37)35-24-6-10-26(11-7-24)40-18-21-4-5-23(32)15-28(21)33/h1-15H,17-18H2,(H,35,37)/b22-13+. The number of nitriles is 1. The van der Waals surface area contributed by atoms with Crippen LogP contribution < -0.4 is 14.8 Å². The number of non-ortho nitro benzene ring substituents is 1. The zero-order valence-corrected chi connectivity index (χ0v) is 24.2. The van der Waals surface area contributed by atoms with Gasteiger partial charge in [-0.25, -0.2) is 0 Å². The fraction of sp³-hybridized carbons (Fsp3) is 0.0667. The molecule has 1 N–H and O–H groups in total. The first kappa shape index (κ1) is 29.6. The summed E-state index contributed by atoms with van der Waals surface area (Å²) in [6.07, 6.45) is 1.47. The number of benzene rings is 4. The quantitative estimate of drug-likeness (QED) is 0.0797. The largest absolute Gasteiger partial charge is 0.489 e. The Hall–Kier alpha value is -4.36. The molecule has 0 saturated heterocycles. The number of ether oxygens (including phenoxy) is 2. The summed E-state index contributed by atoms with van der Waals surface area (Å²) in [4.78, 5) is 23.1. The van der Waals surface area contributed by atoms with Gasteiger partial charge in [0.1, 0.15) is 36.4 Å². The highest BCUT2D eigenvalue weighted by Gasteiger charge is 2.12. The van der Waals surface area contributed by atoms with Crippen LogP contribution in [-0.2, 0) is 18.0 Å². The Labute approximate surface area is 254 Å². The molecule has 0 aliphatic carbocycles. The van der Waals surface area contributed by atoms with Gasteiger partial charge in [0.2, 0.25) is 0 Å². The van der Waals surface area contributed by atoms with Gasteiger partial charge in [-0.2, -0.15) is 5.26 Å². The SMILES string of the molecule is N#C/C(=C\c1ccc(OCc2ccc([N+](=O)[O-])cc2)c(Br)c1)C(=O)Nc1ccc(OCc2ccc(Cl)cc2Cl)cc1. The number of hydrogen-bond donors (Lipinski definition) is 1. The normalized spacial score (nSPS) is 10.9. The Bertz CT molecular complexity index is 1650. The van der Waals surface area contributed by atoms with Crippen molar-refractivity contribution in [3.8, 4) is 17.6 Å². The number of anilines is 1. The minimum absolute atomic E-state index is 0.00502. The van der Waals surface area contributed by atoms with Gasteiger partial charge in [-0.15, -0.1) is 0 Å². The van der Waals surface area contributed by atoms with E-state index < -0.39 is 10.8 Å². The second-order valence-corrected chi connectivity index (χ2v) is 10.3. The summed E-state index contributed by atoms with van der Waals surface area (Å²) in [6.45, 7) is 0.454. The minimum atomic E-state index is -0.566. The van der Waals surface area contributed by atoms with Crippen LogP contribution in [0.15, 0.2) is 95.0 Å². The molecule has 0 bridgehead atoms. The molecule has 0 aromatic heterocycles. The minimum Gasteiger partial charge on any atom is -0.489 e. The summed E-state index contributed by atoms with van der Waals surface area (Å²) in [7, 11) is 0. The van der Waals surface area contributed by atoms with Crippen molar-refractivity contribution in [3.63, 3.8) is 0 Å². The van der Waals surface area contributed by atoms with E-state index in [1.807, 2.05) is 6.07 Å². The lowest BCUT2D eigenvalue weighted by Gasteiger charge is -2.10. The first-order valence-electron chi connectivity index (χ1n) is 12.0. The van der Waals surface area contributed by atoms with E-state index in [9.17, 15) is 20.2 Å². The molecule has 1 amide bonds. The second kappa shape index (κ2) is 13.8. The molecule has 0 aliphatic rings. The van der Waals surface area contributed by atoms with Gasteiger partial charge < -0.3 is 14.8 Å². The van der Waals surface area contributed by atoms with Crippen LogP contribution in [-0.4, -0.2) is 10.8 Å². The van der Waals surface area contributed by atoms with Crippen LogP contribution in [0.1, 0.15) is 16.7 Å². The van der Waals surface area contributed by atoms with Gasteiger partial charge in [-0.05, 0) is 93.8 Å².